The fourth-order valence-corrected chi connectivity index (χ4v) is 1.99. The van der Waals surface area contributed by atoms with E-state index in [-0.39, 0.29) is 11.4 Å². The quantitative estimate of drug-likeness (QED) is 0.767. The van der Waals surface area contributed by atoms with Crippen LogP contribution in [0, 0.1) is 0 Å². The summed E-state index contributed by atoms with van der Waals surface area (Å²) in [6.07, 6.45) is -2.81. The lowest BCUT2D eigenvalue weighted by Crippen LogP contribution is -2.12. The van der Waals surface area contributed by atoms with E-state index in [2.05, 4.69) is 20.5 Å². The number of aromatic nitrogens is 5. The summed E-state index contributed by atoms with van der Waals surface area (Å²) >= 11 is 0. The van der Waals surface area contributed by atoms with Crippen molar-refractivity contribution in [3.05, 3.63) is 47.9 Å². The fourth-order valence-electron chi connectivity index (χ4n) is 1.99. The molecular weight excluding hydrogens is 313 g/mol. The van der Waals surface area contributed by atoms with Crippen molar-refractivity contribution in [1.82, 2.24) is 25.2 Å². The summed E-state index contributed by atoms with van der Waals surface area (Å²) in [6.45, 7) is 0. The molecule has 1 amide bonds. The van der Waals surface area contributed by atoms with Gasteiger partial charge in [0.15, 0.2) is 5.69 Å². The number of H-pyrrole nitrogens is 1. The second-order valence-electron chi connectivity index (χ2n) is 4.60. The zero-order chi connectivity index (χ0) is 16.6. The second kappa shape index (κ2) is 5.23. The Morgan fingerprint density at radius 1 is 1.17 bits per heavy atom. The maximum Gasteiger partial charge on any atom is 0.419 e. The normalized spacial score (nSPS) is 11.6. The van der Waals surface area contributed by atoms with Crippen LogP contribution in [0.3, 0.4) is 0 Å². The highest BCUT2D eigenvalue weighted by molar-refractivity contribution is 5.96. The van der Waals surface area contributed by atoms with Gasteiger partial charge in [0, 0.05) is 11.8 Å². The zero-order valence-corrected chi connectivity index (χ0v) is 11.4. The van der Waals surface area contributed by atoms with Crippen molar-refractivity contribution >= 4 is 5.91 Å². The lowest BCUT2D eigenvalue weighted by atomic mass is 10.1. The third-order valence-electron chi connectivity index (χ3n) is 3.10. The predicted octanol–water partition coefficient (Wildman–Crippen LogP) is 1.78. The van der Waals surface area contributed by atoms with Crippen LogP contribution in [0.4, 0.5) is 13.2 Å². The van der Waals surface area contributed by atoms with Crippen LogP contribution in [0.1, 0.15) is 16.1 Å². The largest absolute Gasteiger partial charge is 0.419 e. The van der Waals surface area contributed by atoms with E-state index >= 15 is 0 Å². The molecule has 0 aliphatic rings. The molecule has 0 saturated carbocycles. The van der Waals surface area contributed by atoms with Gasteiger partial charge in [-0.25, -0.2) is 4.68 Å². The van der Waals surface area contributed by atoms with Crippen LogP contribution in [0.2, 0.25) is 0 Å². The monoisotopic (exact) mass is 322 g/mol. The smallest absolute Gasteiger partial charge is 0.364 e. The summed E-state index contributed by atoms with van der Waals surface area (Å²) in [6, 6.07) is 6.24. The van der Waals surface area contributed by atoms with E-state index < -0.39 is 17.6 Å². The van der Waals surface area contributed by atoms with Gasteiger partial charge in [-0.2, -0.15) is 33.7 Å². The van der Waals surface area contributed by atoms with Crippen LogP contribution in [0.15, 0.2) is 36.7 Å². The molecule has 3 rings (SSSR count). The van der Waals surface area contributed by atoms with Crippen LogP contribution in [0.25, 0.3) is 16.9 Å². The topological polar surface area (TPSA) is 102 Å². The van der Waals surface area contributed by atoms with Gasteiger partial charge in [0.25, 0.3) is 5.91 Å². The SMILES string of the molecule is NC(=O)c1n[nH]nc1-c1ccc(-n2cc(C(F)(F)F)cn2)cc1. The number of hydrogen-bond acceptors (Lipinski definition) is 4. The van der Waals surface area contributed by atoms with Crippen LogP contribution in [0.5, 0.6) is 0 Å². The van der Waals surface area contributed by atoms with Crippen molar-refractivity contribution in [1.29, 1.82) is 0 Å². The molecular formula is C13H9F3N6O. The molecule has 0 unspecified atom stereocenters. The molecule has 3 N–H and O–H groups in total. The number of carbonyl (C=O) groups is 1. The third-order valence-corrected chi connectivity index (χ3v) is 3.10. The molecule has 0 fully saturated rings. The Hall–Kier alpha value is -3.17. The number of aromatic amines is 1. The van der Waals surface area contributed by atoms with Crippen LogP contribution >= 0.6 is 0 Å². The number of nitrogens with one attached hydrogen (secondary N) is 1. The number of amides is 1. The van der Waals surface area contributed by atoms with Gasteiger partial charge in [0.05, 0.1) is 17.4 Å². The zero-order valence-electron chi connectivity index (χ0n) is 11.4. The van der Waals surface area contributed by atoms with E-state index in [1.165, 1.54) is 0 Å². The van der Waals surface area contributed by atoms with Gasteiger partial charge >= 0.3 is 6.18 Å². The first-order valence-electron chi connectivity index (χ1n) is 6.29. The van der Waals surface area contributed by atoms with Gasteiger partial charge in [0.1, 0.15) is 5.69 Å². The maximum absolute atomic E-state index is 12.6. The van der Waals surface area contributed by atoms with E-state index in [0.29, 0.717) is 11.3 Å². The summed E-state index contributed by atoms with van der Waals surface area (Å²) in [4.78, 5) is 11.2. The van der Waals surface area contributed by atoms with Crippen molar-refractivity contribution in [2.45, 2.75) is 6.18 Å². The van der Waals surface area contributed by atoms with E-state index in [0.717, 1.165) is 17.1 Å². The summed E-state index contributed by atoms with van der Waals surface area (Å²) in [5, 5.41) is 13.5. The molecule has 0 bridgehead atoms. The van der Waals surface area contributed by atoms with Crippen molar-refractivity contribution in [3.63, 3.8) is 0 Å². The average molecular weight is 322 g/mol. The van der Waals surface area contributed by atoms with E-state index in [1.54, 1.807) is 24.3 Å². The molecule has 3 aromatic rings. The minimum atomic E-state index is -4.45. The van der Waals surface area contributed by atoms with Crippen molar-refractivity contribution in [2.24, 2.45) is 5.73 Å². The van der Waals surface area contributed by atoms with E-state index in [1.807, 2.05) is 0 Å². The number of primary amides is 1. The van der Waals surface area contributed by atoms with E-state index in [9.17, 15) is 18.0 Å². The second-order valence-corrected chi connectivity index (χ2v) is 4.60. The van der Waals surface area contributed by atoms with Gasteiger partial charge in [-0.3, -0.25) is 4.79 Å². The number of benzene rings is 1. The highest BCUT2D eigenvalue weighted by Crippen LogP contribution is 2.29. The number of rotatable bonds is 3. The Balaban J connectivity index is 1.92. The van der Waals surface area contributed by atoms with Crippen LogP contribution < -0.4 is 5.73 Å². The van der Waals surface area contributed by atoms with Gasteiger partial charge in [-0.1, -0.05) is 12.1 Å². The van der Waals surface area contributed by atoms with Crippen LogP contribution in [-0.4, -0.2) is 31.1 Å². The summed E-state index contributed by atoms with van der Waals surface area (Å²) in [7, 11) is 0. The van der Waals surface area contributed by atoms with Gasteiger partial charge < -0.3 is 5.73 Å². The first-order chi connectivity index (χ1) is 10.9. The molecule has 0 saturated heterocycles. The number of alkyl halides is 3. The highest BCUT2D eigenvalue weighted by Gasteiger charge is 2.32. The molecule has 0 aliphatic heterocycles. The fraction of sp³-hybridized carbons (Fsp3) is 0.0769. The molecule has 0 aliphatic carbocycles. The molecule has 0 atom stereocenters. The standard InChI is InChI=1S/C13H9F3N6O/c14-13(15,16)8-5-18-22(6-8)9-3-1-7(2-4-9)10-11(12(17)23)20-21-19-10/h1-6H,(H2,17,23)(H,19,20,21). The van der Waals surface area contributed by atoms with Crippen molar-refractivity contribution in [3.8, 4) is 16.9 Å². The number of nitrogens with two attached hydrogens (primary N) is 1. The summed E-state index contributed by atoms with van der Waals surface area (Å²) < 4.78 is 38.8. The minimum Gasteiger partial charge on any atom is -0.364 e. The number of carbonyl (C=O) groups excluding carboxylic acids is 1. The molecule has 7 nitrogen and oxygen atoms in total. The van der Waals surface area contributed by atoms with Crippen molar-refractivity contribution in [2.75, 3.05) is 0 Å². The van der Waals surface area contributed by atoms with Gasteiger partial charge in [-0.05, 0) is 12.1 Å². The Morgan fingerprint density at radius 3 is 2.43 bits per heavy atom. The first-order valence-corrected chi connectivity index (χ1v) is 6.29. The molecule has 0 radical (unpaired) electrons. The Labute approximate surface area is 126 Å². The summed E-state index contributed by atoms with van der Waals surface area (Å²) in [5.41, 5.74) is 5.55. The minimum absolute atomic E-state index is 0.0174. The van der Waals surface area contributed by atoms with E-state index in [4.69, 9.17) is 5.73 Å². The predicted molar refractivity (Wildman–Crippen MR) is 72.5 cm³/mol. The maximum atomic E-state index is 12.6. The highest BCUT2D eigenvalue weighted by atomic mass is 19.4. The molecule has 0 spiro atoms. The first kappa shape index (κ1) is 14.8. The molecule has 10 heteroatoms. The Bertz CT molecular complexity index is 849. The lowest BCUT2D eigenvalue weighted by molar-refractivity contribution is -0.137. The van der Waals surface area contributed by atoms with Crippen molar-refractivity contribution < 1.29 is 18.0 Å². The lowest BCUT2D eigenvalue weighted by Gasteiger charge is -2.04. The van der Waals surface area contributed by atoms with Gasteiger partial charge in [0.2, 0.25) is 0 Å². The third kappa shape index (κ3) is 2.78. The molecule has 2 aromatic heterocycles. The van der Waals surface area contributed by atoms with Gasteiger partial charge in [-0.15, -0.1) is 0 Å². The Morgan fingerprint density at radius 2 is 1.87 bits per heavy atom. The molecule has 1 aromatic carbocycles. The molecule has 118 valence electrons. The average Bonchev–Trinajstić information content (AvgIpc) is 3.16. The number of hydrogen-bond donors (Lipinski definition) is 2. The number of nitrogens with zero attached hydrogens (tertiary/aromatic N) is 4. The number of halogens is 3. The van der Waals surface area contributed by atoms with Crippen LogP contribution in [-0.2, 0) is 6.18 Å². The molecule has 2 heterocycles. The summed E-state index contributed by atoms with van der Waals surface area (Å²) in [5.74, 6) is -0.736. The Kier molecular flexibility index (Phi) is 3.36. The molecule has 23 heavy (non-hydrogen) atoms.